The fourth-order valence-electron chi connectivity index (χ4n) is 0.779. The van der Waals surface area contributed by atoms with Crippen LogP contribution in [0, 0.1) is 15.9 Å². The normalized spacial score (nSPS) is 9.08. The van der Waals surface area contributed by atoms with E-state index in [0.717, 1.165) is 9.26 Å². The molecule has 0 saturated carbocycles. The van der Waals surface area contributed by atoms with Crippen molar-refractivity contribution in [2.24, 2.45) is 0 Å². The number of anilines is 1. The molecular formula is C9H7ClIN. The third kappa shape index (κ3) is 2.58. The van der Waals surface area contributed by atoms with Gasteiger partial charge in [0.1, 0.15) is 0 Å². The van der Waals surface area contributed by atoms with Crippen LogP contribution in [0.5, 0.6) is 0 Å². The van der Waals surface area contributed by atoms with E-state index in [1.807, 2.05) is 18.2 Å². The summed E-state index contributed by atoms with van der Waals surface area (Å²) in [6.07, 6.45) is 5.10. The first-order valence-electron chi connectivity index (χ1n) is 3.36. The van der Waals surface area contributed by atoms with Crippen LogP contribution in [0.25, 0.3) is 0 Å². The van der Waals surface area contributed by atoms with E-state index in [0.29, 0.717) is 11.6 Å². The minimum atomic E-state index is 0.500. The van der Waals surface area contributed by atoms with Crippen LogP contribution in [0.2, 0.25) is 5.02 Å². The van der Waals surface area contributed by atoms with Gasteiger partial charge >= 0.3 is 0 Å². The second-order valence-corrected chi connectivity index (χ2v) is 3.83. The summed E-state index contributed by atoms with van der Waals surface area (Å²) in [5.41, 5.74) is 0.884. The highest BCUT2D eigenvalue weighted by Crippen LogP contribution is 2.23. The Labute approximate surface area is 90.6 Å². The Hall–Kier alpha value is -0.400. The van der Waals surface area contributed by atoms with Gasteiger partial charge in [0.25, 0.3) is 0 Å². The van der Waals surface area contributed by atoms with Crippen LogP contribution >= 0.6 is 34.2 Å². The molecule has 1 aromatic rings. The number of rotatable bonds is 2. The third-order valence-electron chi connectivity index (χ3n) is 1.31. The van der Waals surface area contributed by atoms with Crippen LogP contribution in [-0.2, 0) is 0 Å². The third-order valence-corrected chi connectivity index (χ3v) is 2.30. The van der Waals surface area contributed by atoms with Crippen LogP contribution in [0.3, 0.4) is 0 Å². The topological polar surface area (TPSA) is 12.0 Å². The molecule has 0 aliphatic heterocycles. The first kappa shape index (κ1) is 9.69. The summed E-state index contributed by atoms with van der Waals surface area (Å²) in [5.74, 6) is 2.49. The zero-order valence-corrected chi connectivity index (χ0v) is 9.19. The highest BCUT2D eigenvalue weighted by Gasteiger charge is 1.97. The Morgan fingerprint density at radius 2 is 2.33 bits per heavy atom. The standard InChI is InChI=1S/C9H7ClIN/c1-2-5-12-9-4-3-7(11)6-8(9)10/h1,3-4,6,12H,5H2. The fourth-order valence-corrected chi connectivity index (χ4v) is 1.70. The van der Waals surface area contributed by atoms with Gasteiger partial charge in [0.05, 0.1) is 17.3 Å². The number of benzene rings is 1. The maximum Gasteiger partial charge on any atom is 0.0763 e. The second-order valence-electron chi connectivity index (χ2n) is 2.18. The van der Waals surface area contributed by atoms with Gasteiger partial charge in [-0.05, 0) is 40.8 Å². The molecule has 1 rings (SSSR count). The molecule has 0 unspecified atom stereocenters. The molecule has 0 bridgehead atoms. The van der Waals surface area contributed by atoms with E-state index in [1.165, 1.54) is 0 Å². The first-order chi connectivity index (χ1) is 5.74. The average Bonchev–Trinajstić information content (AvgIpc) is 2.03. The molecular weight excluding hydrogens is 284 g/mol. The lowest BCUT2D eigenvalue weighted by molar-refractivity contribution is 1.38. The molecule has 0 atom stereocenters. The summed E-state index contributed by atoms with van der Waals surface area (Å²) < 4.78 is 1.11. The van der Waals surface area contributed by atoms with Gasteiger partial charge in [-0.2, -0.15) is 0 Å². The summed E-state index contributed by atoms with van der Waals surface area (Å²) in [7, 11) is 0. The van der Waals surface area contributed by atoms with Crippen LogP contribution in [-0.4, -0.2) is 6.54 Å². The molecule has 0 aliphatic rings. The van der Waals surface area contributed by atoms with Crippen LogP contribution < -0.4 is 5.32 Å². The van der Waals surface area contributed by atoms with Crippen molar-refractivity contribution in [3.63, 3.8) is 0 Å². The van der Waals surface area contributed by atoms with Crippen molar-refractivity contribution in [1.29, 1.82) is 0 Å². The van der Waals surface area contributed by atoms with E-state index in [4.69, 9.17) is 18.0 Å². The summed E-state index contributed by atoms with van der Waals surface area (Å²) >= 11 is 8.14. The lowest BCUT2D eigenvalue weighted by Crippen LogP contribution is -1.98. The zero-order chi connectivity index (χ0) is 8.97. The summed E-state index contributed by atoms with van der Waals surface area (Å²) in [5, 5.41) is 3.72. The molecule has 1 N–H and O–H groups in total. The smallest absolute Gasteiger partial charge is 0.0763 e. The van der Waals surface area contributed by atoms with Gasteiger partial charge in [-0.3, -0.25) is 0 Å². The number of halogens is 2. The Bertz CT molecular complexity index is 317. The number of terminal acetylenes is 1. The Morgan fingerprint density at radius 1 is 1.58 bits per heavy atom. The molecule has 62 valence electrons. The molecule has 0 amide bonds. The summed E-state index contributed by atoms with van der Waals surface area (Å²) in [4.78, 5) is 0. The van der Waals surface area contributed by atoms with Gasteiger partial charge in [0, 0.05) is 3.57 Å². The predicted octanol–water partition coefficient (Wildman–Crippen LogP) is 2.99. The van der Waals surface area contributed by atoms with Crippen LogP contribution in [0.4, 0.5) is 5.69 Å². The van der Waals surface area contributed by atoms with Gasteiger partial charge in [0.15, 0.2) is 0 Å². The molecule has 0 fully saturated rings. The zero-order valence-electron chi connectivity index (χ0n) is 6.27. The van der Waals surface area contributed by atoms with Gasteiger partial charge < -0.3 is 5.32 Å². The molecule has 12 heavy (non-hydrogen) atoms. The van der Waals surface area contributed by atoms with Crippen molar-refractivity contribution in [3.8, 4) is 12.3 Å². The van der Waals surface area contributed by atoms with E-state index in [2.05, 4.69) is 33.8 Å². The second kappa shape index (κ2) is 4.58. The summed E-state index contributed by atoms with van der Waals surface area (Å²) in [6.45, 7) is 0.500. The Kier molecular flexibility index (Phi) is 3.70. The molecule has 0 aromatic heterocycles. The van der Waals surface area contributed by atoms with Crippen molar-refractivity contribution in [2.75, 3.05) is 11.9 Å². The van der Waals surface area contributed by atoms with Crippen LogP contribution in [0.1, 0.15) is 0 Å². The van der Waals surface area contributed by atoms with Crippen molar-refractivity contribution in [1.82, 2.24) is 0 Å². The molecule has 0 aliphatic carbocycles. The average molecular weight is 292 g/mol. The maximum absolute atomic E-state index is 5.93. The van der Waals surface area contributed by atoms with Crippen molar-refractivity contribution < 1.29 is 0 Å². The minimum Gasteiger partial charge on any atom is -0.373 e. The quantitative estimate of drug-likeness (QED) is 0.652. The van der Waals surface area contributed by atoms with Crippen LogP contribution in [0.15, 0.2) is 18.2 Å². The molecule has 1 aromatic carbocycles. The van der Waals surface area contributed by atoms with Gasteiger partial charge in [-0.25, -0.2) is 0 Å². The number of hydrogen-bond donors (Lipinski definition) is 1. The Morgan fingerprint density at radius 3 is 2.92 bits per heavy atom. The monoisotopic (exact) mass is 291 g/mol. The molecule has 0 radical (unpaired) electrons. The molecule has 0 heterocycles. The highest BCUT2D eigenvalue weighted by molar-refractivity contribution is 14.1. The van der Waals surface area contributed by atoms with Crippen molar-refractivity contribution in [3.05, 3.63) is 26.8 Å². The summed E-state index contributed by atoms with van der Waals surface area (Å²) in [6, 6.07) is 5.79. The largest absolute Gasteiger partial charge is 0.373 e. The molecule has 1 nitrogen and oxygen atoms in total. The van der Waals surface area contributed by atoms with Gasteiger partial charge in [-0.1, -0.05) is 17.5 Å². The van der Waals surface area contributed by atoms with E-state index >= 15 is 0 Å². The van der Waals surface area contributed by atoms with Gasteiger partial charge in [-0.15, -0.1) is 6.42 Å². The SMILES string of the molecule is C#CCNc1ccc(I)cc1Cl. The van der Waals surface area contributed by atoms with E-state index in [1.54, 1.807) is 0 Å². The van der Waals surface area contributed by atoms with Gasteiger partial charge in [0.2, 0.25) is 0 Å². The predicted molar refractivity (Wildman–Crippen MR) is 61.5 cm³/mol. The van der Waals surface area contributed by atoms with E-state index < -0.39 is 0 Å². The number of hydrogen-bond acceptors (Lipinski definition) is 1. The first-order valence-corrected chi connectivity index (χ1v) is 4.82. The van der Waals surface area contributed by atoms with Crippen molar-refractivity contribution in [2.45, 2.75) is 0 Å². The van der Waals surface area contributed by atoms with E-state index in [-0.39, 0.29) is 0 Å². The number of nitrogens with one attached hydrogen (secondary N) is 1. The highest BCUT2D eigenvalue weighted by atomic mass is 127. The minimum absolute atomic E-state index is 0.500. The Balaban J connectivity index is 2.81. The lowest BCUT2D eigenvalue weighted by Gasteiger charge is -2.04. The molecule has 3 heteroatoms. The maximum atomic E-state index is 5.93. The molecule has 0 saturated heterocycles. The van der Waals surface area contributed by atoms with Crippen molar-refractivity contribution >= 4 is 39.9 Å². The van der Waals surface area contributed by atoms with E-state index in [9.17, 15) is 0 Å². The molecule has 0 spiro atoms. The fraction of sp³-hybridized carbons (Fsp3) is 0.111. The lowest BCUT2D eigenvalue weighted by atomic mass is 10.3.